The fourth-order valence-corrected chi connectivity index (χ4v) is 3.99. The van der Waals surface area contributed by atoms with Crippen molar-refractivity contribution in [1.82, 2.24) is 9.63 Å². The fraction of sp³-hybridized carbons (Fsp3) is 0.200. The molecule has 1 aromatic heterocycles. The Bertz CT molecular complexity index is 1220. The van der Waals surface area contributed by atoms with Crippen LogP contribution in [0.3, 0.4) is 0 Å². The van der Waals surface area contributed by atoms with E-state index in [9.17, 15) is 23.2 Å². The summed E-state index contributed by atoms with van der Waals surface area (Å²) in [5, 5.41) is 14.1. The van der Waals surface area contributed by atoms with Gasteiger partial charge < -0.3 is 9.94 Å². The normalized spacial score (nSPS) is 17.8. The first kappa shape index (κ1) is 22.7. The Kier molecular flexibility index (Phi) is 6.05. The summed E-state index contributed by atoms with van der Waals surface area (Å²) < 4.78 is 43.8. The van der Waals surface area contributed by atoms with E-state index in [1.807, 2.05) is 0 Å². The lowest BCUT2D eigenvalue weighted by molar-refractivity contribution is -0.139. The molecule has 1 aliphatic rings. The molecular weight excluding hydrogens is 433 g/mol. The van der Waals surface area contributed by atoms with E-state index in [2.05, 4.69) is 4.98 Å². The summed E-state index contributed by atoms with van der Waals surface area (Å²) in [6.45, 7) is 1.72. The maximum atomic E-state index is 14.1. The molecule has 0 bridgehead atoms. The van der Waals surface area contributed by atoms with Crippen LogP contribution < -0.4 is 4.65 Å². The van der Waals surface area contributed by atoms with Gasteiger partial charge in [-0.3, -0.25) is 9.63 Å². The Morgan fingerprint density at radius 1 is 1.12 bits per heavy atom. The quantitative estimate of drug-likeness (QED) is 0.279. The third-order valence-corrected chi connectivity index (χ3v) is 5.46. The first-order valence-corrected chi connectivity index (χ1v) is 10.4. The third kappa shape index (κ3) is 4.67. The summed E-state index contributed by atoms with van der Waals surface area (Å²) in [4.78, 5) is 16.7. The number of nitrogens with zero attached hydrogens (tertiary/aromatic N) is 2. The van der Waals surface area contributed by atoms with Crippen molar-refractivity contribution >= 4 is 11.7 Å². The highest BCUT2D eigenvalue weighted by Crippen LogP contribution is 2.38. The number of carbonyl (C=O) groups excluding carboxylic acids is 1. The summed E-state index contributed by atoms with van der Waals surface area (Å²) in [5.74, 6) is -0.585. The number of hydrogen-bond acceptors (Lipinski definition) is 4. The number of rotatable bonds is 5. The van der Waals surface area contributed by atoms with E-state index in [1.165, 1.54) is 12.3 Å². The van der Waals surface area contributed by atoms with Crippen LogP contribution in [0.15, 0.2) is 78.6 Å². The SMILES string of the molecule is CCOC(=O)C1=C[N+]([O-])(Cc2ccccc2-c2cccc(C(F)(F)F)c2)c2cccnc2C1. The Hall–Kier alpha value is -3.49. The number of alkyl halides is 3. The van der Waals surface area contributed by atoms with E-state index in [4.69, 9.17) is 4.74 Å². The predicted octanol–water partition coefficient (Wildman–Crippen LogP) is 5.78. The molecule has 4 rings (SSSR count). The number of aromatic nitrogens is 1. The van der Waals surface area contributed by atoms with Crippen molar-refractivity contribution in [2.24, 2.45) is 0 Å². The summed E-state index contributed by atoms with van der Waals surface area (Å²) in [6, 6.07) is 15.1. The molecule has 2 aromatic carbocycles. The number of halogens is 3. The number of hydrogen-bond donors (Lipinski definition) is 0. The van der Waals surface area contributed by atoms with Crippen LogP contribution in [-0.4, -0.2) is 17.6 Å². The van der Waals surface area contributed by atoms with Crippen molar-refractivity contribution in [1.29, 1.82) is 0 Å². The number of carbonyl (C=O) groups is 1. The molecule has 0 radical (unpaired) electrons. The number of benzene rings is 2. The lowest BCUT2D eigenvalue weighted by atomic mass is 9.96. The third-order valence-electron chi connectivity index (χ3n) is 5.46. The number of hydroxylamine groups is 2. The van der Waals surface area contributed by atoms with E-state index in [1.54, 1.807) is 55.6 Å². The van der Waals surface area contributed by atoms with Crippen molar-refractivity contribution < 1.29 is 22.7 Å². The summed E-state index contributed by atoms with van der Waals surface area (Å²) in [5.41, 5.74) is 1.69. The van der Waals surface area contributed by atoms with Crippen molar-refractivity contribution in [3.63, 3.8) is 0 Å². The van der Waals surface area contributed by atoms with Crippen LogP contribution in [0.25, 0.3) is 11.1 Å². The fourth-order valence-electron chi connectivity index (χ4n) is 3.99. The maximum absolute atomic E-state index is 14.1. The molecule has 0 amide bonds. The van der Waals surface area contributed by atoms with Gasteiger partial charge in [0.05, 0.1) is 17.7 Å². The highest BCUT2D eigenvalue weighted by atomic mass is 19.4. The molecule has 33 heavy (non-hydrogen) atoms. The van der Waals surface area contributed by atoms with Gasteiger partial charge in [0, 0.05) is 24.2 Å². The largest absolute Gasteiger partial charge is 0.622 e. The van der Waals surface area contributed by atoms with Gasteiger partial charge in [0.1, 0.15) is 18.4 Å². The maximum Gasteiger partial charge on any atom is 0.416 e. The van der Waals surface area contributed by atoms with Gasteiger partial charge >= 0.3 is 12.1 Å². The molecule has 0 fully saturated rings. The molecule has 1 atom stereocenters. The predicted molar refractivity (Wildman–Crippen MR) is 118 cm³/mol. The molecule has 0 saturated carbocycles. The highest BCUT2D eigenvalue weighted by molar-refractivity contribution is 5.90. The van der Waals surface area contributed by atoms with Crippen LogP contribution in [0.4, 0.5) is 18.9 Å². The lowest BCUT2D eigenvalue weighted by Crippen LogP contribution is -2.41. The van der Waals surface area contributed by atoms with Gasteiger partial charge in [-0.1, -0.05) is 36.4 Å². The van der Waals surface area contributed by atoms with E-state index >= 15 is 0 Å². The number of esters is 1. The van der Waals surface area contributed by atoms with E-state index in [-0.39, 0.29) is 25.1 Å². The van der Waals surface area contributed by atoms with E-state index < -0.39 is 22.4 Å². The second-order valence-electron chi connectivity index (χ2n) is 7.71. The number of fused-ring (bicyclic) bond motifs is 1. The van der Waals surface area contributed by atoms with Crippen molar-refractivity contribution in [2.75, 3.05) is 6.61 Å². The molecule has 0 saturated heterocycles. The Morgan fingerprint density at radius 2 is 1.91 bits per heavy atom. The van der Waals surface area contributed by atoms with E-state index in [0.29, 0.717) is 28.1 Å². The molecule has 1 unspecified atom stereocenters. The lowest BCUT2D eigenvalue weighted by Gasteiger charge is -2.42. The van der Waals surface area contributed by atoms with Crippen LogP contribution in [-0.2, 0) is 28.7 Å². The van der Waals surface area contributed by atoms with Crippen LogP contribution in [0.5, 0.6) is 0 Å². The molecule has 0 N–H and O–H groups in total. The minimum Gasteiger partial charge on any atom is -0.622 e. The van der Waals surface area contributed by atoms with Crippen LogP contribution >= 0.6 is 0 Å². The average molecular weight is 454 g/mol. The molecular formula is C25H21F3N2O3. The minimum absolute atomic E-state index is 0.131. The van der Waals surface area contributed by atoms with Crippen molar-refractivity contribution in [2.45, 2.75) is 26.1 Å². The highest BCUT2D eigenvalue weighted by Gasteiger charge is 2.34. The Labute approximate surface area is 188 Å². The smallest absolute Gasteiger partial charge is 0.416 e. The van der Waals surface area contributed by atoms with Gasteiger partial charge in [0.15, 0.2) is 5.69 Å². The van der Waals surface area contributed by atoms with Crippen LogP contribution in [0.1, 0.15) is 23.7 Å². The average Bonchev–Trinajstić information content (AvgIpc) is 2.79. The van der Waals surface area contributed by atoms with Gasteiger partial charge in [0.2, 0.25) is 0 Å². The second kappa shape index (κ2) is 8.80. The Balaban J connectivity index is 1.79. The zero-order chi connectivity index (χ0) is 23.6. The molecule has 0 spiro atoms. The molecule has 1 aliphatic heterocycles. The number of ether oxygens (including phenoxy) is 1. The van der Waals surface area contributed by atoms with E-state index in [0.717, 1.165) is 12.1 Å². The molecule has 3 aromatic rings. The molecule has 8 heteroatoms. The summed E-state index contributed by atoms with van der Waals surface area (Å²) in [6.07, 6.45) is -1.45. The minimum atomic E-state index is -4.48. The Morgan fingerprint density at radius 3 is 2.67 bits per heavy atom. The zero-order valence-corrected chi connectivity index (χ0v) is 17.8. The van der Waals surface area contributed by atoms with Gasteiger partial charge in [0.25, 0.3) is 0 Å². The molecule has 0 aliphatic carbocycles. The van der Waals surface area contributed by atoms with Gasteiger partial charge in [-0.05, 0) is 36.2 Å². The van der Waals surface area contributed by atoms with Crippen molar-refractivity contribution in [3.05, 3.63) is 101 Å². The number of quaternary nitrogens is 1. The second-order valence-corrected chi connectivity index (χ2v) is 7.71. The van der Waals surface area contributed by atoms with Gasteiger partial charge in [-0.15, -0.1) is 0 Å². The van der Waals surface area contributed by atoms with Crippen molar-refractivity contribution in [3.8, 4) is 11.1 Å². The summed E-state index contributed by atoms with van der Waals surface area (Å²) in [7, 11) is 0. The molecule has 5 nitrogen and oxygen atoms in total. The van der Waals surface area contributed by atoms with Crippen LogP contribution in [0, 0.1) is 5.21 Å². The first-order valence-electron chi connectivity index (χ1n) is 10.4. The standard InChI is InChI=1S/C25H21F3N2O3/c1-2-33-24(31)19-14-22-23(11-6-12-29-22)30(32,16-19)15-18-7-3-4-10-21(18)17-8-5-9-20(13-17)25(26,27)28/h3-13,16H,2,14-15H2,1H3. The van der Waals surface area contributed by atoms with Gasteiger partial charge in [-0.2, -0.15) is 13.2 Å². The molecule has 170 valence electrons. The van der Waals surface area contributed by atoms with Crippen LogP contribution in [0.2, 0.25) is 0 Å². The first-order chi connectivity index (χ1) is 15.7. The number of pyridine rings is 1. The van der Waals surface area contributed by atoms with Gasteiger partial charge in [-0.25, -0.2) is 4.79 Å². The topological polar surface area (TPSA) is 62.2 Å². The molecule has 2 heterocycles. The summed E-state index contributed by atoms with van der Waals surface area (Å²) >= 11 is 0. The monoisotopic (exact) mass is 454 g/mol. The zero-order valence-electron chi connectivity index (χ0n) is 17.8.